The van der Waals surface area contributed by atoms with Crippen LogP contribution in [0.15, 0.2) is 16.5 Å². The van der Waals surface area contributed by atoms with Crippen molar-refractivity contribution in [3.63, 3.8) is 0 Å². The van der Waals surface area contributed by atoms with Crippen molar-refractivity contribution in [2.75, 3.05) is 0 Å². The lowest BCUT2D eigenvalue weighted by atomic mass is 10.1. The van der Waals surface area contributed by atoms with E-state index in [-0.39, 0.29) is 5.78 Å². The van der Waals surface area contributed by atoms with Crippen molar-refractivity contribution in [2.45, 2.75) is 71.6 Å². The van der Waals surface area contributed by atoms with Crippen LogP contribution in [0.3, 0.4) is 0 Å². The molecule has 0 aliphatic carbocycles. The van der Waals surface area contributed by atoms with Crippen LogP contribution in [0.4, 0.5) is 0 Å². The lowest BCUT2D eigenvalue weighted by Gasteiger charge is -2.00. The number of ketones is 1. The summed E-state index contributed by atoms with van der Waals surface area (Å²) in [6.07, 6.45) is 11.5. The fourth-order valence-corrected chi connectivity index (χ4v) is 2.13. The predicted molar refractivity (Wildman–Crippen MR) is 75.0 cm³/mol. The summed E-state index contributed by atoms with van der Waals surface area (Å²) in [5, 5.41) is 0. The Kier molecular flexibility index (Phi) is 7.47. The van der Waals surface area contributed by atoms with E-state index in [1.807, 2.05) is 6.07 Å². The molecule has 0 unspecified atom stereocenters. The molecule has 1 rings (SSSR count). The van der Waals surface area contributed by atoms with Gasteiger partial charge in [-0.25, -0.2) is 0 Å². The Morgan fingerprint density at radius 2 is 1.61 bits per heavy atom. The molecule has 0 radical (unpaired) electrons. The Balaban J connectivity index is 2.02. The number of carbonyl (C=O) groups is 1. The highest BCUT2D eigenvalue weighted by Crippen LogP contribution is 2.14. The minimum atomic E-state index is 0.0113. The van der Waals surface area contributed by atoms with Crippen molar-refractivity contribution in [3.05, 3.63) is 23.7 Å². The van der Waals surface area contributed by atoms with Gasteiger partial charge >= 0.3 is 0 Å². The molecule has 2 nitrogen and oxygen atoms in total. The third-order valence-electron chi connectivity index (χ3n) is 3.29. The van der Waals surface area contributed by atoms with E-state index in [9.17, 15) is 4.79 Å². The fraction of sp³-hybridized carbons (Fsp3) is 0.688. The van der Waals surface area contributed by atoms with Crippen molar-refractivity contribution in [3.8, 4) is 0 Å². The lowest BCUT2D eigenvalue weighted by Crippen LogP contribution is -1.87. The van der Waals surface area contributed by atoms with Gasteiger partial charge in [0.25, 0.3) is 0 Å². The van der Waals surface area contributed by atoms with E-state index in [1.165, 1.54) is 51.4 Å². The molecular formula is C16H26O2. The zero-order valence-electron chi connectivity index (χ0n) is 11.8. The van der Waals surface area contributed by atoms with Crippen LogP contribution in [-0.4, -0.2) is 5.78 Å². The van der Waals surface area contributed by atoms with E-state index in [1.54, 1.807) is 13.0 Å². The average molecular weight is 250 g/mol. The van der Waals surface area contributed by atoms with E-state index in [0.717, 1.165) is 12.2 Å². The van der Waals surface area contributed by atoms with Gasteiger partial charge in [0, 0.05) is 13.3 Å². The van der Waals surface area contributed by atoms with Gasteiger partial charge in [-0.15, -0.1) is 0 Å². The summed E-state index contributed by atoms with van der Waals surface area (Å²) in [5.41, 5.74) is 0. The van der Waals surface area contributed by atoms with Crippen molar-refractivity contribution < 1.29 is 9.21 Å². The number of Topliss-reactive ketones (excluding diaryl/α,β-unsaturated/α-hetero) is 1. The molecule has 1 heterocycles. The topological polar surface area (TPSA) is 30.2 Å². The quantitative estimate of drug-likeness (QED) is 0.424. The molecule has 0 aliphatic heterocycles. The second-order valence-corrected chi connectivity index (χ2v) is 5.05. The highest BCUT2D eigenvalue weighted by Gasteiger charge is 2.05. The third kappa shape index (κ3) is 6.04. The van der Waals surface area contributed by atoms with Crippen molar-refractivity contribution in [2.24, 2.45) is 0 Å². The van der Waals surface area contributed by atoms with Crippen LogP contribution in [0.1, 0.15) is 81.5 Å². The first-order valence-corrected chi connectivity index (χ1v) is 7.33. The molecule has 0 N–H and O–H groups in total. The molecule has 0 atom stereocenters. The fourth-order valence-electron chi connectivity index (χ4n) is 2.13. The Morgan fingerprint density at radius 3 is 2.17 bits per heavy atom. The number of rotatable bonds is 10. The Bertz CT molecular complexity index is 339. The Labute approximate surface area is 111 Å². The first-order chi connectivity index (χ1) is 8.74. The summed E-state index contributed by atoms with van der Waals surface area (Å²) in [6.45, 7) is 3.79. The summed E-state index contributed by atoms with van der Waals surface area (Å²) < 4.78 is 5.46. The molecule has 1 aromatic heterocycles. The van der Waals surface area contributed by atoms with Crippen LogP contribution in [0.2, 0.25) is 0 Å². The second kappa shape index (κ2) is 8.96. The van der Waals surface area contributed by atoms with Gasteiger partial charge < -0.3 is 4.42 Å². The second-order valence-electron chi connectivity index (χ2n) is 5.05. The molecule has 0 saturated carbocycles. The van der Waals surface area contributed by atoms with Gasteiger partial charge in [0.1, 0.15) is 5.76 Å². The molecule has 0 bridgehead atoms. The van der Waals surface area contributed by atoms with Crippen LogP contribution in [0.25, 0.3) is 0 Å². The third-order valence-corrected chi connectivity index (χ3v) is 3.29. The largest absolute Gasteiger partial charge is 0.458 e. The minimum absolute atomic E-state index is 0.0113. The number of aryl methyl sites for hydroxylation is 1. The standard InChI is InChI=1S/C16H26O2/c1-3-4-5-6-7-8-9-10-11-15-12-13-16(18-15)14(2)17/h12-13H,3-11H2,1-2H3. The molecule has 102 valence electrons. The number of hydrogen-bond acceptors (Lipinski definition) is 2. The molecule has 0 aromatic carbocycles. The van der Waals surface area contributed by atoms with Gasteiger partial charge in [-0.3, -0.25) is 4.79 Å². The predicted octanol–water partition coefficient (Wildman–Crippen LogP) is 5.17. The zero-order valence-corrected chi connectivity index (χ0v) is 11.8. The van der Waals surface area contributed by atoms with Crippen LogP contribution in [-0.2, 0) is 6.42 Å². The molecule has 18 heavy (non-hydrogen) atoms. The highest BCUT2D eigenvalue weighted by molar-refractivity contribution is 5.91. The SMILES string of the molecule is CCCCCCCCCCc1ccc(C(C)=O)o1. The molecule has 0 aliphatic rings. The normalized spacial score (nSPS) is 10.8. The molecular weight excluding hydrogens is 224 g/mol. The van der Waals surface area contributed by atoms with Gasteiger partial charge in [-0.2, -0.15) is 0 Å². The number of furan rings is 1. The van der Waals surface area contributed by atoms with Crippen molar-refractivity contribution in [1.29, 1.82) is 0 Å². The summed E-state index contributed by atoms with van der Waals surface area (Å²) in [4.78, 5) is 11.1. The summed E-state index contributed by atoms with van der Waals surface area (Å²) in [5.74, 6) is 1.45. The van der Waals surface area contributed by atoms with Gasteiger partial charge in [0.15, 0.2) is 11.5 Å². The minimum Gasteiger partial charge on any atom is -0.458 e. The van der Waals surface area contributed by atoms with Gasteiger partial charge in [-0.05, 0) is 18.6 Å². The number of unbranched alkanes of at least 4 members (excludes halogenated alkanes) is 7. The van der Waals surface area contributed by atoms with E-state index < -0.39 is 0 Å². The monoisotopic (exact) mass is 250 g/mol. The average Bonchev–Trinajstić information content (AvgIpc) is 2.81. The molecule has 1 aromatic rings. The van der Waals surface area contributed by atoms with E-state index in [2.05, 4.69) is 6.92 Å². The number of carbonyl (C=O) groups excluding carboxylic acids is 1. The van der Waals surface area contributed by atoms with Crippen molar-refractivity contribution >= 4 is 5.78 Å². The summed E-state index contributed by atoms with van der Waals surface area (Å²) in [6, 6.07) is 3.71. The first-order valence-electron chi connectivity index (χ1n) is 7.33. The van der Waals surface area contributed by atoms with E-state index in [4.69, 9.17) is 4.42 Å². The van der Waals surface area contributed by atoms with E-state index in [0.29, 0.717) is 5.76 Å². The summed E-state index contributed by atoms with van der Waals surface area (Å²) in [7, 11) is 0. The van der Waals surface area contributed by atoms with Crippen LogP contribution in [0.5, 0.6) is 0 Å². The highest BCUT2D eigenvalue weighted by atomic mass is 16.3. The van der Waals surface area contributed by atoms with Crippen LogP contribution in [0, 0.1) is 0 Å². The maximum absolute atomic E-state index is 11.1. The first kappa shape index (κ1) is 15.0. The van der Waals surface area contributed by atoms with Crippen LogP contribution < -0.4 is 0 Å². The smallest absolute Gasteiger partial charge is 0.194 e. The van der Waals surface area contributed by atoms with Gasteiger partial charge in [0.05, 0.1) is 0 Å². The molecule has 0 spiro atoms. The maximum Gasteiger partial charge on any atom is 0.194 e. The Morgan fingerprint density at radius 1 is 1.00 bits per heavy atom. The van der Waals surface area contributed by atoms with Crippen molar-refractivity contribution in [1.82, 2.24) is 0 Å². The maximum atomic E-state index is 11.1. The summed E-state index contributed by atoms with van der Waals surface area (Å²) >= 11 is 0. The Hall–Kier alpha value is -1.05. The number of hydrogen-bond donors (Lipinski definition) is 0. The molecule has 2 heteroatoms. The lowest BCUT2D eigenvalue weighted by molar-refractivity contribution is 0.0985. The molecule has 0 saturated heterocycles. The molecule has 0 amide bonds. The van der Waals surface area contributed by atoms with E-state index >= 15 is 0 Å². The zero-order chi connectivity index (χ0) is 13.2. The van der Waals surface area contributed by atoms with Crippen LogP contribution >= 0.6 is 0 Å². The molecule has 0 fully saturated rings. The van der Waals surface area contributed by atoms with Gasteiger partial charge in [-0.1, -0.05) is 51.9 Å². The van der Waals surface area contributed by atoms with Gasteiger partial charge in [0.2, 0.25) is 0 Å².